The fraction of sp³-hybridized carbons (Fsp3) is 0.750. The smallest absolute Gasteiger partial charge is 0.438 e. The van der Waals surface area contributed by atoms with E-state index in [4.69, 9.17) is 4.74 Å². The lowest BCUT2D eigenvalue weighted by Crippen LogP contribution is -2.35. The summed E-state index contributed by atoms with van der Waals surface area (Å²) in [6.45, 7) is 1.64. The zero-order chi connectivity index (χ0) is 11.8. The van der Waals surface area contributed by atoms with Crippen LogP contribution in [0.2, 0.25) is 0 Å². The van der Waals surface area contributed by atoms with Crippen molar-refractivity contribution in [2.45, 2.75) is 24.0 Å². The Morgan fingerprint density at radius 3 is 2.53 bits per heavy atom. The number of hydrogen-bond donors (Lipinski definition) is 0. The van der Waals surface area contributed by atoms with Crippen LogP contribution in [0.3, 0.4) is 0 Å². The van der Waals surface area contributed by atoms with Gasteiger partial charge < -0.3 is 14.3 Å². The molecule has 0 radical (unpaired) electrons. The highest BCUT2D eigenvalue weighted by atomic mass is 79.9. The van der Waals surface area contributed by atoms with Crippen LogP contribution < -0.4 is 0 Å². The summed E-state index contributed by atoms with van der Waals surface area (Å²) in [4.78, 5) is 14.7. The maximum absolute atomic E-state index is 13.4. The first-order valence-electron chi connectivity index (χ1n) is 4.12. The third-order valence-corrected chi connectivity index (χ3v) is 2.00. The summed E-state index contributed by atoms with van der Waals surface area (Å²) in [5.41, 5.74) is 0. The minimum Gasteiger partial charge on any atom is -0.438 e. The second-order valence-electron chi connectivity index (χ2n) is 2.60. The second-order valence-corrected chi connectivity index (χ2v) is 4.04. The first-order chi connectivity index (χ1) is 7.02. The predicted octanol–water partition coefficient (Wildman–Crippen LogP) is 1.89. The number of carbonyl (C=O) groups is 1. The van der Waals surface area contributed by atoms with Crippen LogP contribution in [0.4, 0.5) is 9.18 Å². The van der Waals surface area contributed by atoms with Gasteiger partial charge in [-0.3, -0.25) is 0 Å². The van der Waals surface area contributed by atoms with E-state index in [0.717, 1.165) is 13.3 Å². The molecule has 0 rings (SSSR count). The predicted molar refractivity (Wildman–Crippen MR) is 56.1 cm³/mol. The monoisotopic (exact) mass is 285 g/mol. The highest BCUT2D eigenvalue weighted by molar-refractivity contribution is 9.09. The molecule has 0 N–H and O–H groups in total. The van der Waals surface area contributed by atoms with Crippen molar-refractivity contribution < 1.29 is 23.5 Å². The van der Waals surface area contributed by atoms with Gasteiger partial charge in [0.2, 0.25) is 0 Å². The minimum atomic E-state index is -1.57. The van der Waals surface area contributed by atoms with Gasteiger partial charge in [-0.1, -0.05) is 21.1 Å². The molecule has 0 fully saturated rings. The number of oxime groups is 1. The Hall–Kier alpha value is -0.850. The molecular weight excluding hydrogens is 273 g/mol. The summed E-state index contributed by atoms with van der Waals surface area (Å²) in [6, 6.07) is 0. The van der Waals surface area contributed by atoms with E-state index in [1.165, 1.54) is 7.11 Å². The first kappa shape index (κ1) is 14.2. The van der Waals surface area contributed by atoms with Crippen molar-refractivity contribution in [3.63, 3.8) is 0 Å². The van der Waals surface area contributed by atoms with Gasteiger partial charge in [-0.25, -0.2) is 9.18 Å². The van der Waals surface area contributed by atoms with E-state index in [-0.39, 0.29) is 4.83 Å². The largest absolute Gasteiger partial charge is 0.508 e. The molecule has 7 heteroatoms. The zero-order valence-electron chi connectivity index (χ0n) is 8.65. The standard InChI is InChI=1S/C8H13BrFNO4/c1-5(9)7(15-8(12)13-2)6(10)4-11-14-3/h4-7H,1-3H3/t5-,6+,7+/m0/s1. The molecule has 0 amide bonds. The highest BCUT2D eigenvalue weighted by Gasteiger charge is 2.28. The van der Waals surface area contributed by atoms with Gasteiger partial charge in [0.1, 0.15) is 7.11 Å². The Balaban J connectivity index is 4.37. The Kier molecular flexibility index (Phi) is 7.02. The molecule has 0 aliphatic rings. The van der Waals surface area contributed by atoms with Crippen LogP contribution in [0.15, 0.2) is 5.16 Å². The zero-order valence-corrected chi connectivity index (χ0v) is 10.2. The molecule has 0 aliphatic heterocycles. The molecule has 0 saturated heterocycles. The number of alkyl halides is 2. The average molecular weight is 286 g/mol. The molecule has 0 bridgehead atoms. The van der Waals surface area contributed by atoms with Crippen LogP contribution in [-0.4, -0.2) is 43.7 Å². The van der Waals surface area contributed by atoms with Crippen LogP contribution >= 0.6 is 15.9 Å². The van der Waals surface area contributed by atoms with Gasteiger partial charge in [0.05, 0.1) is 18.2 Å². The van der Waals surface area contributed by atoms with Gasteiger partial charge in [0, 0.05) is 0 Å². The van der Waals surface area contributed by atoms with E-state index >= 15 is 0 Å². The molecule has 5 nitrogen and oxygen atoms in total. The Morgan fingerprint density at radius 2 is 2.13 bits per heavy atom. The van der Waals surface area contributed by atoms with Crippen molar-refractivity contribution >= 4 is 28.3 Å². The second kappa shape index (κ2) is 7.44. The Morgan fingerprint density at radius 1 is 1.53 bits per heavy atom. The number of carbonyl (C=O) groups excluding carboxylic acids is 1. The van der Waals surface area contributed by atoms with Crippen LogP contribution in [0.5, 0.6) is 0 Å². The van der Waals surface area contributed by atoms with Crippen molar-refractivity contribution in [3.05, 3.63) is 0 Å². The summed E-state index contributed by atoms with van der Waals surface area (Å²) < 4.78 is 22.4. The molecule has 88 valence electrons. The van der Waals surface area contributed by atoms with Crippen molar-refractivity contribution in [2.24, 2.45) is 5.16 Å². The Bertz CT molecular complexity index is 225. The molecule has 0 aliphatic carbocycles. The van der Waals surface area contributed by atoms with Crippen LogP contribution in [0.25, 0.3) is 0 Å². The maximum atomic E-state index is 13.4. The van der Waals surface area contributed by atoms with Crippen molar-refractivity contribution in [1.29, 1.82) is 0 Å². The molecule has 3 atom stereocenters. The lowest BCUT2D eigenvalue weighted by molar-refractivity contribution is 0.0189. The normalized spacial score (nSPS) is 16.9. The van der Waals surface area contributed by atoms with Gasteiger partial charge in [0.25, 0.3) is 0 Å². The Labute approximate surface area is 95.7 Å². The van der Waals surface area contributed by atoms with Crippen molar-refractivity contribution in [1.82, 2.24) is 0 Å². The summed E-state index contributed by atoms with van der Waals surface area (Å²) in [7, 11) is 2.44. The van der Waals surface area contributed by atoms with E-state index in [2.05, 4.69) is 30.7 Å². The molecule has 0 spiro atoms. The van der Waals surface area contributed by atoms with Crippen molar-refractivity contribution in [2.75, 3.05) is 14.2 Å². The van der Waals surface area contributed by atoms with Gasteiger partial charge in [0.15, 0.2) is 12.3 Å². The van der Waals surface area contributed by atoms with Crippen LogP contribution in [-0.2, 0) is 14.3 Å². The molecule has 0 heterocycles. The molecule has 15 heavy (non-hydrogen) atoms. The van der Waals surface area contributed by atoms with E-state index < -0.39 is 18.4 Å². The number of methoxy groups -OCH3 is 1. The topological polar surface area (TPSA) is 57.1 Å². The van der Waals surface area contributed by atoms with E-state index in [1.54, 1.807) is 6.92 Å². The first-order valence-corrected chi connectivity index (χ1v) is 5.03. The fourth-order valence-electron chi connectivity index (χ4n) is 0.775. The quantitative estimate of drug-likeness (QED) is 0.335. The lowest BCUT2D eigenvalue weighted by Gasteiger charge is -2.20. The van der Waals surface area contributed by atoms with Crippen LogP contribution in [0.1, 0.15) is 6.92 Å². The number of rotatable bonds is 5. The van der Waals surface area contributed by atoms with Crippen LogP contribution in [0, 0.1) is 0 Å². The van der Waals surface area contributed by atoms with E-state index in [0.29, 0.717) is 0 Å². The highest BCUT2D eigenvalue weighted by Crippen LogP contribution is 2.15. The third-order valence-electron chi connectivity index (χ3n) is 1.47. The molecule has 0 unspecified atom stereocenters. The fourth-order valence-corrected chi connectivity index (χ4v) is 1.17. The van der Waals surface area contributed by atoms with Gasteiger partial charge in [-0.2, -0.15) is 0 Å². The molecule has 0 aromatic rings. The summed E-state index contributed by atoms with van der Waals surface area (Å²) in [5.74, 6) is 0. The van der Waals surface area contributed by atoms with E-state index in [9.17, 15) is 9.18 Å². The number of nitrogens with zero attached hydrogens (tertiary/aromatic N) is 1. The van der Waals surface area contributed by atoms with Crippen molar-refractivity contribution in [3.8, 4) is 0 Å². The van der Waals surface area contributed by atoms with E-state index in [1.807, 2.05) is 0 Å². The number of ether oxygens (including phenoxy) is 2. The minimum absolute atomic E-state index is 0.380. The summed E-state index contributed by atoms with van der Waals surface area (Å²) in [5, 5.41) is 3.26. The van der Waals surface area contributed by atoms with Gasteiger partial charge in [-0.15, -0.1) is 0 Å². The third kappa shape index (κ3) is 5.56. The molecule has 0 aromatic carbocycles. The number of halogens is 2. The molecular formula is C8H13BrFNO4. The SMILES string of the molecule is CON=C[C@@H](F)[C@H](OC(=O)OC)[C@H](C)Br. The average Bonchev–Trinajstić information content (AvgIpc) is 2.21. The molecule has 0 aromatic heterocycles. The van der Waals surface area contributed by atoms with Gasteiger partial charge >= 0.3 is 6.16 Å². The number of hydrogen-bond acceptors (Lipinski definition) is 5. The maximum Gasteiger partial charge on any atom is 0.508 e. The summed E-state index contributed by atoms with van der Waals surface area (Å²) >= 11 is 3.12. The molecule has 0 saturated carbocycles. The van der Waals surface area contributed by atoms with Gasteiger partial charge in [-0.05, 0) is 6.92 Å². The summed E-state index contributed by atoms with van der Waals surface area (Å²) in [6.07, 6.45) is -2.62. The lowest BCUT2D eigenvalue weighted by atomic mass is 10.2.